The van der Waals surface area contributed by atoms with Gasteiger partial charge in [0.15, 0.2) is 5.78 Å². The fourth-order valence-electron chi connectivity index (χ4n) is 3.01. The first-order chi connectivity index (χ1) is 12.4. The Kier molecular flexibility index (Phi) is 5.02. The van der Waals surface area contributed by atoms with E-state index in [1.807, 2.05) is 6.07 Å². The molecule has 1 unspecified atom stereocenters. The summed E-state index contributed by atoms with van der Waals surface area (Å²) in [5.74, 6) is -1.13. The Hall–Kier alpha value is -2.76. The lowest BCUT2D eigenvalue weighted by atomic mass is 9.84. The Morgan fingerprint density at radius 3 is 2.04 bits per heavy atom. The Balaban J connectivity index is 2.27. The van der Waals surface area contributed by atoms with Gasteiger partial charge in [0.05, 0.1) is 10.8 Å². The van der Waals surface area contributed by atoms with E-state index in [1.54, 1.807) is 73.7 Å². The largest absolute Gasteiger partial charge is 0.744 e. The van der Waals surface area contributed by atoms with Gasteiger partial charge >= 0.3 is 0 Å². The van der Waals surface area contributed by atoms with Gasteiger partial charge in [-0.05, 0) is 24.1 Å². The van der Waals surface area contributed by atoms with Crippen molar-refractivity contribution in [2.24, 2.45) is 0 Å². The number of ketones is 1. The maximum Gasteiger partial charge on any atom is 0.174 e. The third-order valence-electron chi connectivity index (χ3n) is 4.20. The predicted molar refractivity (Wildman–Crippen MR) is 98.2 cm³/mol. The van der Waals surface area contributed by atoms with Crippen molar-refractivity contribution in [1.82, 2.24) is 0 Å². The smallest absolute Gasteiger partial charge is 0.174 e. The summed E-state index contributed by atoms with van der Waals surface area (Å²) in [5, 5.41) is 0. The average molecular weight is 365 g/mol. The van der Waals surface area contributed by atoms with Gasteiger partial charge in [-0.1, -0.05) is 78.4 Å². The van der Waals surface area contributed by atoms with E-state index in [-0.39, 0.29) is 16.2 Å². The normalized spacial score (nSPS) is 12.5. The van der Waals surface area contributed by atoms with Crippen LogP contribution in [0, 0.1) is 6.92 Å². The van der Waals surface area contributed by atoms with Gasteiger partial charge in [0.1, 0.15) is 10.1 Å². The van der Waals surface area contributed by atoms with Gasteiger partial charge in [-0.15, -0.1) is 0 Å². The fourth-order valence-corrected chi connectivity index (χ4v) is 3.71. The highest BCUT2D eigenvalue weighted by molar-refractivity contribution is 7.85. The van der Waals surface area contributed by atoms with Gasteiger partial charge in [0, 0.05) is 5.56 Å². The molecule has 0 bridgehead atoms. The minimum atomic E-state index is -4.72. The molecule has 0 aromatic heterocycles. The minimum Gasteiger partial charge on any atom is -0.744 e. The SMILES string of the molecule is Cc1ccc(S(=O)(=O)[O-])c(C(C(=O)c2ccccc2)c2ccccc2)c1. The van der Waals surface area contributed by atoms with Crippen LogP contribution in [0.25, 0.3) is 0 Å². The van der Waals surface area contributed by atoms with E-state index in [1.165, 1.54) is 6.07 Å². The molecule has 5 heteroatoms. The van der Waals surface area contributed by atoms with E-state index < -0.39 is 16.0 Å². The first-order valence-electron chi connectivity index (χ1n) is 8.08. The zero-order valence-electron chi connectivity index (χ0n) is 14.1. The van der Waals surface area contributed by atoms with Gasteiger partial charge in [0.2, 0.25) is 0 Å². The van der Waals surface area contributed by atoms with E-state index >= 15 is 0 Å². The number of hydrogen-bond donors (Lipinski definition) is 0. The maximum absolute atomic E-state index is 13.2. The molecule has 0 N–H and O–H groups in total. The van der Waals surface area contributed by atoms with Crippen LogP contribution in [-0.4, -0.2) is 18.8 Å². The number of carbonyl (C=O) groups excluding carboxylic acids is 1. The maximum atomic E-state index is 13.2. The van der Waals surface area contributed by atoms with Crippen molar-refractivity contribution in [2.45, 2.75) is 17.7 Å². The molecule has 0 aliphatic heterocycles. The second kappa shape index (κ2) is 7.23. The molecule has 0 heterocycles. The Bertz CT molecular complexity index is 1030. The zero-order valence-corrected chi connectivity index (χ0v) is 14.9. The summed E-state index contributed by atoms with van der Waals surface area (Å²) in [4.78, 5) is 12.9. The first-order valence-corrected chi connectivity index (χ1v) is 9.49. The van der Waals surface area contributed by atoms with Gasteiger partial charge < -0.3 is 4.55 Å². The van der Waals surface area contributed by atoms with Crippen LogP contribution >= 0.6 is 0 Å². The fraction of sp³-hybridized carbons (Fsp3) is 0.0952. The highest BCUT2D eigenvalue weighted by Gasteiger charge is 2.27. The number of hydrogen-bond acceptors (Lipinski definition) is 4. The lowest BCUT2D eigenvalue weighted by Crippen LogP contribution is -2.18. The highest BCUT2D eigenvalue weighted by atomic mass is 32.2. The highest BCUT2D eigenvalue weighted by Crippen LogP contribution is 2.33. The lowest BCUT2D eigenvalue weighted by Gasteiger charge is -2.22. The molecule has 3 rings (SSSR count). The summed E-state index contributed by atoms with van der Waals surface area (Å²) < 4.78 is 35.4. The van der Waals surface area contributed by atoms with Crippen LogP contribution in [0.5, 0.6) is 0 Å². The van der Waals surface area contributed by atoms with E-state index in [4.69, 9.17) is 0 Å². The monoisotopic (exact) mass is 365 g/mol. The van der Waals surface area contributed by atoms with Crippen LogP contribution in [0.15, 0.2) is 83.8 Å². The molecule has 0 radical (unpaired) electrons. The summed E-state index contributed by atoms with van der Waals surface area (Å²) in [6, 6.07) is 22.0. The molecule has 4 nitrogen and oxygen atoms in total. The second-order valence-corrected chi connectivity index (χ2v) is 7.42. The Morgan fingerprint density at radius 1 is 0.885 bits per heavy atom. The van der Waals surface area contributed by atoms with Crippen molar-refractivity contribution in [1.29, 1.82) is 0 Å². The van der Waals surface area contributed by atoms with Crippen molar-refractivity contribution < 1.29 is 17.8 Å². The average Bonchev–Trinajstić information content (AvgIpc) is 2.62. The van der Waals surface area contributed by atoms with Gasteiger partial charge in [0.25, 0.3) is 0 Å². The molecule has 0 amide bonds. The third-order valence-corrected chi connectivity index (χ3v) is 5.11. The van der Waals surface area contributed by atoms with Crippen molar-refractivity contribution in [3.63, 3.8) is 0 Å². The van der Waals surface area contributed by atoms with Crippen LogP contribution in [0.1, 0.15) is 33.0 Å². The van der Waals surface area contributed by atoms with Crippen LogP contribution in [0.4, 0.5) is 0 Å². The van der Waals surface area contributed by atoms with Crippen molar-refractivity contribution >= 4 is 15.9 Å². The van der Waals surface area contributed by atoms with E-state index in [9.17, 15) is 17.8 Å². The second-order valence-electron chi connectivity index (χ2n) is 6.07. The number of benzene rings is 3. The molecule has 0 aliphatic rings. The molecule has 0 aliphatic carbocycles. The topological polar surface area (TPSA) is 74.3 Å². The van der Waals surface area contributed by atoms with Crippen molar-refractivity contribution in [3.05, 3.63) is 101 Å². The lowest BCUT2D eigenvalue weighted by molar-refractivity contribution is 0.0973. The molecule has 0 fully saturated rings. The van der Waals surface area contributed by atoms with E-state index in [2.05, 4.69) is 0 Å². The zero-order chi connectivity index (χ0) is 18.7. The Labute approximate surface area is 152 Å². The molecule has 0 spiro atoms. The number of rotatable bonds is 5. The number of aryl methyl sites for hydroxylation is 1. The third kappa shape index (κ3) is 3.74. The number of carbonyl (C=O) groups is 1. The molecule has 3 aromatic rings. The molecule has 1 atom stereocenters. The van der Waals surface area contributed by atoms with Crippen LogP contribution in [-0.2, 0) is 10.1 Å². The summed E-state index contributed by atoms with van der Waals surface area (Å²) in [6.07, 6.45) is 0. The minimum absolute atomic E-state index is 0.208. The molecular formula is C21H17O4S-. The van der Waals surface area contributed by atoms with Gasteiger partial charge in [-0.25, -0.2) is 8.42 Å². The quantitative estimate of drug-likeness (QED) is 0.507. The summed E-state index contributed by atoms with van der Waals surface area (Å²) in [7, 11) is -4.72. The summed E-state index contributed by atoms with van der Waals surface area (Å²) in [6.45, 7) is 1.79. The molecular weight excluding hydrogens is 348 g/mol. The molecule has 0 saturated carbocycles. The first kappa shape index (κ1) is 18.0. The molecule has 26 heavy (non-hydrogen) atoms. The van der Waals surface area contributed by atoms with E-state index in [0.29, 0.717) is 11.1 Å². The summed E-state index contributed by atoms with van der Waals surface area (Å²) in [5.41, 5.74) is 2.07. The van der Waals surface area contributed by atoms with Crippen molar-refractivity contribution in [2.75, 3.05) is 0 Å². The Morgan fingerprint density at radius 2 is 1.46 bits per heavy atom. The predicted octanol–water partition coefficient (Wildman–Crippen LogP) is 3.91. The van der Waals surface area contributed by atoms with Gasteiger partial charge in [-0.2, -0.15) is 0 Å². The van der Waals surface area contributed by atoms with Gasteiger partial charge in [-0.3, -0.25) is 4.79 Å². The summed E-state index contributed by atoms with van der Waals surface area (Å²) >= 11 is 0. The molecule has 3 aromatic carbocycles. The van der Waals surface area contributed by atoms with Crippen LogP contribution in [0.2, 0.25) is 0 Å². The molecule has 132 valence electrons. The molecule has 0 saturated heterocycles. The number of Topliss-reactive ketones (excluding diaryl/α,β-unsaturated/α-hetero) is 1. The van der Waals surface area contributed by atoms with Crippen molar-refractivity contribution in [3.8, 4) is 0 Å². The van der Waals surface area contributed by atoms with Crippen LogP contribution < -0.4 is 0 Å². The standard InChI is InChI=1S/C21H18O4S/c1-15-12-13-19(26(23,24)25)18(14-15)20(16-8-4-2-5-9-16)21(22)17-10-6-3-7-11-17/h2-14,20H,1H3,(H,23,24,25)/p-1. The van der Waals surface area contributed by atoms with Crippen LogP contribution in [0.3, 0.4) is 0 Å². The van der Waals surface area contributed by atoms with E-state index in [0.717, 1.165) is 5.56 Å².